The fraction of sp³-hybridized carbons (Fsp3) is 0.0625. The summed E-state index contributed by atoms with van der Waals surface area (Å²) in [5, 5.41) is 13.0. The lowest BCUT2D eigenvalue weighted by Gasteiger charge is -2.07. The minimum absolute atomic E-state index is 0.302. The first-order valence-electron chi connectivity index (χ1n) is 6.91. The van der Waals surface area contributed by atoms with E-state index in [0.29, 0.717) is 42.1 Å². The lowest BCUT2D eigenvalue weighted by Crippen LogP contribution is -2.13. The van der Waals surface area contributed by atoms with Gasteiger partial charge in [-0.2, -0.15) is 0 Å². The second-order valence-electron chi connectivity index (χ2n) is 4.84. The van der Waals surface area contributed by atoms with Gasteiger partial charge >= 0.3 is 0 Å². The average molecular weight is 415 g/mol. The SMILES string of the molecule is COc1ccc(Cl)cc1C(=O)Nc1nnc(-c2ccc(Cl)cc2Cl)s1. The van der Waals surface area contributed by atoms with Gasteiger partial charge in [0.1, 0.15) is 5.75 Å². The maximum Gasteiger partial charge on any atom is 0.261 e. The first-order valence-corrected chi connectivity index (χ1v) is 8.87. The topological polar surface area (TPSA) is 64.1 Å². The van der Waals surface area contributed by atoms with Crippen molar-refractivity contribution in [3.05, 3.63) is 57.0 Å². The third-order valence-corrected chi connectivity index (χ3v) is 4.87. The first-order chi connectivity index (χ1) is 12.0. The normalized spacial score (nSPS) is 10.6. The molecule has 1 heterocycles. The molecule has 0 fully saturated rings. The number of rotatable bonds is 4. The molecule has 0 radical (unpaired) electrons. The van der Waals surface area contributed by atoms with Crippen LogP contribution in [0.3, 0.4) is 0 Å². The van der Waals surface area contributed by atoms with E-state index in [1.807, 2.05) is 0 Å². The van der Waals surface area contributed by atoms with Crippen molar-refractivity contribution in [1.82, 2.24) is 10.2 Å². The Morgan fingerprint density at radius 2 is 1.80 bits per heavy atom. The lowest BCUT2D eigenvalue weighted by atomic mass is 10.2. The molecule has 0 atom stereocenters. The summed E-state index contributed by atoms with van der Waals surface area (Å²) in [7, 11) is 1.48. The molecule has 3 rings (SSSR count). The summed E-state index contributed by atoms with van der Waals surface area (Å²) in [5.41, 5.74) is 0.987. The molecule has 0 bridgehead atoms. The molecule has 128 valence electrons. The number of nitrogens with zero attached hydrogens (tertiary/aromatic N) is 2. The van der Waals surface area contributed by atoms with Crippen LogP contribution in [0.25, 0.3) is 10.6 Å². The molecule has 0 unspecified atom stereocenters. The molecular formula is C16H10Cl3N3O2S. The van der Waals surface area contributed by atoms with E-state index in [1.165, 1.54) is 24.5 Å². The highest BCUT2D eigenvalue weighted by Gasteiger charge is 2.16. The van der Waals surface area contributed by atoms with Gasteiger partial charge in [-0.25, -0.2) is 0 Å². The van der Waals surface area contributed by atoms with Crippen molar-refractivity contribution in [2.24, 2.45) is 0 Å². The molecule has 0 saturated heterocycles. The van der Waals surface area contributed by atoms with Crippen LogP contribution in [-0.4, -0.2) is 23.2 Å². The van der Waals surface area contributed by atoms with Crippen LogP contribution in [0, 0.1) is 0 Å². The number of nitrogens with one attached hydrogen (secondary N) is 1. The van der Waals surface area contributed by atoms with Gasteiger partial charge in [-0.3, -0.25) is 10.1 Å². The molecule has 1 amide bonds. The molecule has 3 aromatic rings. The number of amides is 1. The minimum atomic E-state index is -0.399. The van der Waals surface area contributed by atoms with Crippen LogP contribution in [0.15, 0.2) is 36.4 Å². The molecular weight excluding hydrogens is 405 g/mol. The molecule has 5 nitrogen and oxygen atoms in total. The Morgan fingerprint density at radius 1 is 1.08 bits per heavy atom. The Bertz CT molecular complexity index is 946. The largest absolute Gasteiger partial charge is 0.496 e. The van der Waals surface area contributed by atoms with Crippen LogP contribution in [0.1, 0.15) is 10.4 Å². The van der Waals surface area contributed by atoms with Gasteiger partial charge in [-0.15, -0.1) is 10.2 Å². The molecule has 0 aliphatic rings. The fourth-order valence-corrected chi connectivity index (χ4v) is 3.57. The minimum Gasteiger partial charge on any atom is -0.496 e. The van der Waals surface area contributed by atoms with Gasteiger partial charge in [-0.05, 0) is 36.4 Å². The van der Waals surface area contributed by atoms with Crippen molar-refractivity contribution in [1.29, 1.82) is 0 Å². The molecule has 0 aliphatic carbocycles. The number of methoxy groups -OCH3 is 1. The number of hydrogen-bond donors (Lipinski definition) is 1. The Hall–Kier alpha value is -1.86. The Labute approximate surface area is 162 Å². The van der Waals surface area contributed by atoms with Gasteiger partial charge in [-0.1, -0.05) is 46.1 Å². The molecule has 9 heteroatoms. The van der Waals surface area contributed by atoms with E-state index in [0.717, 1.165) is 0 Å². The first kappa shape index (κ1) is 17.9. The standard InChI is InChI=1S/C16H10Cl3N3O2S/c1-24-13-5-3-8(17)6-11(13)14(23)20-16-22-21-15(25-16)10-4-2-9(18)7-12(10)19/h2-7H,1H3,(H,20,22,23). The molecule has 1 N–H and O–H groups in total. The highest BCUT2D eigenvalue weighted by Crippen LogP contribution is 2.34. The predicted octanol–water partition coefficient (Wildman–Crippen LogP) is 5.43. The number of halogens is 3. The summed E-state index contributed by atoms with van der Waals surface area (Å²) in [6.07, 6.45) is 0. The Kier molecular flexibility index (Phi) is 5.44. The van der Waals surface area contributed by atoms with Crippen molar-refractivity contribution in [3.8, 4) is 16.3 Å². The summed E-state index contributed by atoms with van der Waals surface area (Å²) in [6, 6.07) is 9.86. The zero-order chi connectivity index (χ0) is 18.0. The van der Waals surface area contributed by atoms with Crippen LogP contribution < -0.4 is 10.1 Å². The molecule has 1 aromatic heterocycles. The third kappa shape index (κ3) is 4.04. The van der Waals surface area contributed by atoms with Crippen LogP contribution in [-0.2, 0) is 0 Å². The number of aromatic nitrogens is 2. The van der Waals surface area contributed by atoms with Crippen LogP contribution in [0.5, 0.6) is 5.75 Å². The number of carbonyl (C=O) groups excluding carboxylic acids is 1. The summed E-state index contributed by atoms with van der Waals surface area (Å²) < 4.78 is 5.18. The van der Waals surface area contributed by atoms with E-state index in [-0.39, 0.29) is 0 Å². The van der Waals surface area contributed by atoms with Crippen molar-refractivity contribution >= 4 is 57.2 Å². The lowest BCUT2D eigenvalue weighted by molar-refractivity contribution is 0.102. The maximum atomic E-state index is 12.4. The Balaban J connectivity index is 1.84. The van der Waals surface area contributed by atoms with Gasteiger partial charge in [0.15, 0.2) is 5.01 Å². The number of ether oxygens (including phenoxy) is 1. The average Bonchev–Trinajstić information content (AvgIpc) is 3.02. The van der Waals surface area contributed by atoms with E-state index in [2.05, 4.69) is 15.5 Å². The summed E-state index contributed by atoms with van der Waals surface area (Å²) >= 11 is 19.2. The summed E-state index contributed by atoms with van der Waals surface area (Å²) in [6.45, 7) is 0. The zero-order valence-electron chi connectivity index (χ0n) is 12.7. The van der Waals surface area contributed by atoms with Gasteiger partial charge < -0.3 is 4.74 Å². The number of carbonyl (C=O) groups is 1. The van der Waals surface area contributed by atoms with Gasteiger partial charge in [0.25, 0.3) is 5.91 Å². The van der Waals surface area contributed by atoms with E-state index < -0.39 is 5.91 Å². The van der Waals surface area contributed by atoms with Crippen LogP contribution in [0.2, 0.25) is 15.1 Å². The fourth-order valence-electron chi connectivity index (χ4n) is 2.07. The summed E-state index contributed by atoms with van der Waals surface area (Å²) in [5.74, 6) is 0.0108. The smallest absolute Gasteiger partial charge is 0.261 e. The quantitative estimate of drug-likeness (QED) is 0.618. The number of hydrogen-bond acceptors (Lipinski definition) is 5. The molecule has 25 heavy (non-hydrogen) atoms. The van der Waals surface area contributed by atoms with Crippen LogP contribution in [0.4, 0.5) is 5.13 Å². The van der Waals surface area contributed by atoms with Crippen molar-refractivity contribution in [2.75, 3.05) is 12.4 Å². The molecule has 0 spiro atoms. The summed E-state index contributed by atoms with van der Waals surface area (Å²) in [4.78, 5) is 12.4. The van der Waals surface area contributed by atoms with Crippen molar-refractivity contribution in [2.45, 2.75) is 0 Å². The van der Waals surface area contributed by atoms with E-state index in [4.69, 9.17) is 39.5 Å². The van der Waals surface area contributed by atoms with Gasteiger partial charge in [0.2, 0.25) is 5.13 Å². The number of benzene rings is 2. The predicted molar refractivity (Wildman–Crippen MR) is 101 cm³/mol. The van der Waals surface area contributed by atoms with Crippen LogP contribution >= 0.6 is 46.1 Å². The maximum absolute atomic E-state index is 12.4. The monoisotopic (exact) mass is 413 g/mol. The molecule has 0 saturated carbocycles. The second kappa shape index (κ2) is 7.58. The second-order valence-corrected chi connectivity index (χ2v) is 7.09. The van der Waals surface area contributed by atoms with E-state index >= 15 is 0 Å². The van der Waals surface area contributed by atoms with Gasteiger partial charge in [0, 0.05) is 15.6 Å². The third-order valence-electron chi connectivity index (χ3n) is 3.21. The highest BCUT2D eigenvalue weighted by molar-refractivity contribution is 7.18. The molecule has 2 aromatic carbocycles. The van der Waals surface area contributed by atoms with E-state index in [1.54, 1.807) is 30.3 Å². The number of anilines is 1. The Morgan fingerprint density at radius 3 is 2.52 bits per heavy atom. The van der Waals surface area contributed by atoms with Crippen molar-refractivity contribution in [3.63, 3.8) is 0 Å². The zero-order valence-corrected chi connectivity index (χ0v) is 15.8. The van der Waals surface area contributed by atoms with E-state index in [9.17, 15) is 4.79 Å². The highest BCUT2D eigenvalue weighted by atomic mass is 35.5. The molecule has 0 aliphatic heterocycles. The van der Waals surface area contributed by atoms with Crippen molar-refractivity contribution < 1.29 is 9.53 Å². The van der Waals surface area contributed by atoms with Gasteiger partial charge in [0.05, 0.1) is 17.7 Å².